The van der Waals surface area contributed by atoms with Gasteiger partial charge in [-0.25, -0.2) is 9.59 Å². The first-order valence-corrected chi connectivity index (χ1v) is 7.16. The van der Waals surface area contributed by atoms with Gasteiger partial charge in [-0.3, -0.25) is 4.79 Å². The molecule has 0 aliphatic heterocycles. The van der Waals surface area contributed by atoms with Crippen LogP contribution in [-0.4, -0.2) is 37.8 Å². The summed E-state index contributed by atoms with van der Waals surface area (Å²) in [5.74, 6) is -1.39. The highest BCUT2D eigenvalue weighted by Gasteiger charge is 2.63. The largest absolute Gasteiger partial charge is 0.469 e. The lowest BCUT2D eigenvalue weighted by Gasteiger charge is -2.17. The predicted molar refractivity (Wildman–Crippen MR) is 79.2 cm³/mol. The summed E-state index contributed by atoms with van der Waals surface area (Å²) < 4.78 is 14.4. The van der Waals surface area contributed by atoms with E-state index in [4.69, 9.17) is 9.47 Å². The Morgan fingerprint density at radius 1 is 1.17 bits per heavy atom. The zero-order valence-corrected chi connectivity index (χ0v) is 13.0. The van der Waals surface area contributed by atoms with Crippen LogP contribution >= 0.6 is 0 Å². The molecule has 1 fully saturated rings. The third-order valence-corrected chi connectivity index (χ3v) is 3.83. The quantitative estimate of drug-likeness (QED) is 0.629. The van der Waals surface area contributed by atoms with E-state index in [2.05, 4.69) is 10.1 Å². The van der Waals surface area contributed by atoms with Crippen LogP contribution < -0.4 is 5.32 Å². The van der Waals surface area contributed by atoms with Gasteiger partial charge in [0.1, 0.15) is 12.1 Å². The molecule has 0 unspecified atom stereocenters. The number of hydrogen-bond donors (Lipinski definition) is 1. The van der Waals surface area contributed by atoms with E-state index in [1.54, 1.807) is 0 Å². The molecule has 124 valence electrons. The zero-order chi connectivity index (χ0) is 16.9. The van der Waals surface area contributed by atoms with Gasteiger partial charge >= 0.3 is 18.0 Å². The fourth-order valence-corrected chi connectivity index (χ4v) is 2.44. The van der Waals surface area contributed by atoms with Crippen molar-refractivity contribution >= 4 is 18.0 Å². The van der Waals surface area contributed by atoms with Gasteiger partial charge in [-0.1, -0.05) is 30.3 Å². The molecule has 1 saturated carbocycles. The van der Waals surface area contributed by atoms with Crippen molar-refractivity contribution in [3.8, 4) is 0 Å². The number of amides is 1. The van der Waals surface area contributed by atoms with E-state index in [0.717, 1.165) is 5.56 Å². The van der Waals surface area contributed by atoms with Gasteiger partial charge < -0.3 is 19.5 Å². The number of nitrogens with one attached hydrogen (secondary N) is 1. The summed E-state index contributed by atoms with van der Waals surface area (Å²) in [6.07, 6.45) is -0.383. The maximum absolute atomic E-state index is 11.9. The number of esters is 2. The normalized spacial score (nSPS) is 21.9. The summed E-state index contributed by atoms with van der Waals surface area (Å²) in [6, 6.07) is 9.16. The molecule has 23 heavy (non-hydrogen) atoms. The van der Waals surface area contributed by atoms with Gasteiger partial charge in [0.2, 0.25) is 0 Å². The number of carbonyl (C=O) groups is 3. The third-order valence-electron chi connectivity index (χ3n) is 3.83. The van der Waals surface area contributed by atoms with Crippen LogP contribution in [0.1, 0.15) is 18.4 Å². The number of hydrogen-bond acceptors (Lipinski definition) is 6. The van der Waals surface area contributed by atoms with E-state index in [9.17, 15) is 14.4 Å². The molecule has 2 rings (SSSR count). The van der Waals surface area contributed by atoms with Crippen LogP contribution in [0.15, 0.2) is 30.3 Å². The van der Waals surface area contributed by atoms with Crippen molar-refractivity contribution in [1.82, 2.24) is 5.32 Å². The molecule has 1 aromatic carbocycles. The second kappa shape index (κ2) is 7.13. The fraction of sp³-hybridized carbons (Fsp3) is 0.438. The second-order valence-electron chi connectivity index (χ2n) is 5.33. The standard InChI is InChI=1S/C16H19NO6/c1-21-13(18)8-12-9-16(12,14(19)22-2)17-15(20)23-10-11-6-4-3-5-7-11/h3-7,12H,8-10H2,1-2H3,(H,17,20)/t12-,16-/m0/s1. The summed E-state index contributed by atoms with van der Waals surface area (Å²) in [5, 5.41) is 2.52. The van der Waals surface area contributed by atoms with Crippen molar-refractivity contribution in [3.63, 3.8) is 0 Å². The lowest BCUT2D eigenvalue weighted by Crippen LogP contribution is -2.46. The minimum atomic E-state index is -1.21. The Morgan fingerprint density at radius 3 is 2.48 bits per heavy atom. The molecule has 1 aliphatic carbocycles. The van der Waals surface area contributed by atoms with Gasteiger partial charge in [-0.05, 0) is 12.0 Å². The Balaban J connectivity index is 1.92. The first kappa shape index (κ1) is 16.8. The summed E-state index contributed by atoms with van der Waals surface area (Å²) in [7, 11) is 2.50. The molecule has 0 aromatic heterocycles. The first-order chi connectivity index (χ1) is 11.0. The van der Waals surface area contributed by atoms with Crippen LogP contribution in [0.3, 0.4) is 0 Å². The lowest BCUT2D eigenvalue weighted by atomic mass is 10.1. The van der Waals surface area contributed by atoms with E-state index >= 15 is 0 Å². The third kappa shape index (κ3) is 4.00. The Kier molecular flexibility index (Phi) is 5.20. The van der Waals surface area contributed by atoms with Gasteiger partial charge in [0, 0.05) is 5.92 Å². The molecule has 0 spiro atoms. The topological polar surface area (TPSA) is 90.9 Å². The summed E-state index contributed by atoms with van der Waals surface area (Å²) in [4.78, 5) is 35.2. The van der Waals surface area contributed by atoms with Crippen molar-refractivity contribution < 1.29 is 28.6 Å². The number of ether oxygens (including phenoxy) is 3. The molecule has 7 nitrogen and oxygen atoms in total. The molecule has 7 heteroatoms. The van der Waals surface area contributed by atoms with Crippen molar-refractivity contribution in [2.24, 2.45) is 5.92 Å². The van der Waals surface area contributed by atoms with Gasteiger partial charge in [-0.15, -0.1) is 0 Å². The molecule has 1 aliphatic rings. The molecule has 1 N–H and O–H groups in total. The van der Waals surface area contributed by atoms with Gasteiger partial charge in [0.05, 0.1) is 20.6 Å². The minimum Gasteiger partial charge on any atom is -0.469 e. The number of rotatable bonds is 6. The fourth-order valence-electron chi connectivity index (χ4n) is 2.44. The summed E-state index contributed by atoms with van der Waals surface area (Å²) in [5.41, 5.74) is -0.381. The lowest BCUT2D eigenvalue weighted by molar-refractivity contribution is -0.145. The molecule has 1 aromatic rings. The van der Waals surface area contributed by atoms with Gasteiger partial charge in [-0.2, -0.15) is 0 Å². The number of benzene rings is 1. The molecule has 0 bridgehead atoms. The predicted octanol–water partition coefficient (Wildman–Crippen LogP) is 1.41. The van der Waals surface area contributed by atoms with Crippen LogP contribution in [0.25, 0.3) is 0 Å². The molecule has 0 saturated heterocycles. The van der Waals surface area contributed by atoms with Crippen molar-refractivity contribution in [1.29, 1.82) is 0 Å². The van der Waals surface area contributed by atoms with E-state index in [1.807, 2.05) is 30.3 Å². The highest BCUT2D eigenvalue weighted by Crippen LogP contribution is 2.47. The molecular weight excluding hydrogens is 302 g/mol. The molecule has 0 radical (unpaired) electrons. The zero-order valence-electron chi connectivity index (χ0n) is 13.0. The van der Waals surface area contributed by atoms with Gasteiger partial charge in [0.25, 0.3) is 0 Å². The average Bonchev–Trinajstić information content (AvgIpc) is 3.26. The van der Waals surface area contributed by atoms with Crippen LogP contribution in [-0.2, 0) is 30.4 Å². The highest BCUT2D eigenvalue weighted by molar-refractivity contribution is 5.90. The average molecular weight is 321 g/mol. The SMILES string of the molecule is COC(=O)C[C@H]1C[C@@]1(NC(=O)OCc1ccccc1)C(=O)OC. The van der Waals surface area contributed by atoms with Crippen molar-refractivity contribution in [2.45, 2.75) is 25.0 Å². The van der Waals surface area contributed by atoms with Gasteiger partial charge in [0.15, 0.2) is 0 Å². The Labute approximate surface area is 133 Å². The Hall–Kier alpha value is -2.57. The highest BCUT2D eigenvalue weighted by atomic mass is 16.6. The van der Waals surface area contributed by atoms with E-state index < -0.39 is 23.6 Å². The molecule has 1 amide bonds. The van der Waals surface area contributed by atoms with Crippen LogP contribution in [0, 0.1) is 5.92 Å². The maximum atomic E-state index is 11.9. The second-order valence-corrected chi connectivity index (χ2v) is 5.33. The van der Waals surface area contributed by atoms with E-state index in [-0.39, 0.29) is 18.9 Å². The number of methoxy groups -OCH3 is 2. The molecule has 2 atom stereocenters. The van der Waals surface area contributed by atoms with Crippen molar-refractivity contribution in [2.75, 3.05) is 14.2 Å². The smallest absolute Gasteiger partial charge is 0.408 e. The summed E-state index contributed by atoms with van der Waals surface area (Å²) >= 11 is 0. The van der Waals surface area contributed by atoms with Crippen LogP contribution in [0.4, 0.5) is 4.79 Å². The summed E-state index contributed by atoms with van der Waals surface area (Å²) in [6.45, 7) is 0.0889. The van der Waals surface area contributed by atoms with Crippen molar-refractivity contribution in [3.05, 3.63) is 35.9 Å². The molecule has 0 heterocycles. The number of alkyl carbamates (subject to hydrolysis) is 1. The Bertz CT molecular complexity index is 587. The first-order valence-electron chi connectivity index (χ1n) is 7.16. The van der Waals surface area contributed by atoms with Crippen LogP contribution in [0.5, 0.6) is 0 Å². The maximum Gasteiger partial charge on any atom is 0.408 e. The van der Waals surface area contributed by atoms with E-state index in [1.165, 1.54) is 14.2 Å². The minimum absolute atomic E-state index is 0.0323. The number of carbonyl (C=O) groups excluding carboxylic acids is 3. The monoisotopic (exact) mass is 321 g/mol. The van der Waals surface area contributed by atoms with E-state index in [0.29, 0.717) is 6.42 Å². The molecular formula is C16H19NO6. The van der Waals surface area contributed by atoms with Crippen LogP contribution in [0.2, 0.25) is 0 Å². The Morgan fingerprint density at radius 2 is 1.87 bits per heavy atom.